The highest BCUT2D eigenvalue weighted by Gasteiger charge is 2.16. The minimum absolute atomic E-state index is 0.0763. The predicted molar refractivity (Wildman–Crippen MR) is 175 cm³/mol. The molecule has 3 amide bonds. The Morgan fingerprint density at radius 1 is 0.837 bits per heavy atom. The Morgan fingerprint density at radius 2 is 1.58 bits per heavy atom. The first-order valence-corrected chi connectivity index (χ1v) is 15.0. The molecule has 5 rings (SSSR count). The van der Waals surface area contributed by atoms with E-state index in [2.05, 4.69) is 27.9 Å². The van der Waals surface area contributed by atoms with Gasteiger partial charge < -0.3 is 20.9 Å². The molecule has 0 aliphatic rings. The monoisotopic (exact) mass is 588 g/mol. The average Bonchev–Trinajstić information content (AvgIpc) is 3.44. The van der Waals surface area contributed by atoms with E-state index in [0.29, 0.717) is 11.3 Å². The van der Waals surface area contributed by atoms with Gasteiger partial charge in [-0.15, -0.1) is 11.8 Å². The van der Waals surface area contributed by atoms with Crippen molar-refractivity contribution in [3.05, 3.63) is 131 Å². The van der Waals surface area contributed by atoms with Crippen molar-refractivity contribution >= 4 is 57.8 Å². The number of aryl methyl sites for hydroxylation is 2. The van der Waals surface area contributed by atoms with Crippen LogP contribution in [0.4, 0.5) is 11.4 Å². The molecule has 5 aromatic rings. The third-order valence-corrected chi connectivity index (χ3v) is 7.95. The minimum atomic E-state index is -0.459. The largest absolute Gasteiger partial charge is 0.361 e. The Balaban J connectivity index is 1.27. The summed E-state index contributed by atoms with van der Waals surface area (Å²) in [5.74, 6) is -0.665. The summed E-state index contributed by atoms with van der Waals surface area (Å²) in [6, 6.07) is 29.8. The number of nitrogens with one attached hydrogen (secondary N) is 4. The first-order chi connectivity index (χ1) is 20.9. The SMILES string of the molecule is CCc1cccc(C)c1NC(=O)CSc1ccc(NC(=O)/C(=C/c2c[nH]c3ccccc23)NC(=O)c2ccccc2)cc1. The number of hydrogen-bond acceptors (Lipinski definition) is 4. The number of carbonyl (C=O) groups excluding carboxylic acids is 3. The van der Waals surface area contributed by atoms with Crippen molar-refractivity contribution in [2.75, 3.05) is 16.4 Å². The molecule has 8 heteroatoms. The molecule has 0 bridgehead atoms. The lowest BCUT2D eigenvalue weighted by Gasteiger charge is -2.13. The van der Waals surface area contributed by atoms with E-state index in [0.717, 1.165) is 44.6 Å². The first-order valence-electron chi connectivity index (χ1n) is 14.0. The third-order valence-electron chi connectivity index (χ3n) is 6.94. The number of thioether (sulfide) groups is 1. The molecule has 1 aromatic heterocycles. The molecule has 0 atom stereocenters. The maximum Gasteiger partial charge on any atom is 0.272 e. The number of amides is 3. The average molecular weight is 589 g/mol. The van der Waals surface area contributed by atoms with E-state index in [4.69, 9.17) is 0 Å². The number of para-hydroxylation sites is 2. The summed E-state index contributed by atoms with van der Waals surface area (Å²) in [7, 11) is 0. The fourth-order valence-electron chi connectivity index (χ4n) is 4.67. The Labute approximate surface area is 254 Å². The second-order valence-electron chi connectivity index (χ2n) is 9.95. The summed E-state index contributed by atoms with van der Waals surface area (Å²) in [5.41, 5.74) is 5.84. The lowest BCUT2D eigenvalue weighted by atomic mass is 10.1. The number of aromatic amines is 1. The molecule has 0 aliphatic heterocycles. The number of carbonyl (C=O) groups is 3. The van der Waals surface area contributed by atoms with Crippen LogP contribution in [0.15, 0.2) is 114 Å². The fourth-order valence-corrected chi connectivity index (χ4v) is 5.37. The molecule has 216 valence electrons. The van der Waals surface area contributed by atoms with Crippen LogP contribution in [0.25, 0.3) is 17.0 Å². The van der Waals surface area contributed by atoms with E-state index >= 15 is 0 Å². The van der Waals surface area contributed by atoms with Crippen LogP contribution in [-0.2, 0) is 16.0 Å². The molecular weight excluding hydrogens is 556 g/mol. The smallest absolute Gasteiger partial charge is 0.272 e. The van der Waals surface area contributed by atoms with Gasteiger partial charge in [-0.1, -0.05) is 61.5 Å². The highest BCUT2D eigenvalue weighted by atomic mass is 32.2. The molecule has 7 nitrogen and oxygen atoms in total. The van der Waals surface area contributed by atoms with Crippen molar-refractivity contribution in [2.24, 2.45) is 0 Å². The van der Waals surface area contributed by atoms with Crippen molar-refractivity contribution in [3.8, 4) is 0 Å². The van der Waals surface area contributed by atoms with Crippen LogP contribution in [0.2, 0.25) is 0 Å². The second kappa shape index (κ2) is 13.7. The van der Waals surface area contributed by atoms with Gasteiger partial charge >= 0.3 is 0 Å². The summed E-state index contributed by atoms with van der Waals surface area (Å²) < 4.78 is 0. The van der Waals surface area contributed by atoms with E-state index in [9.17, 15) is 14.4 Å². The molecule has 1 heterocycles. The van der Waals surface area contributed by atoms with Crippen LogP contribution in [0.5, 0.6) is 0 Å². The quantitative estimate of drug-likeness (QED) is 0.103. The maximum atomic E-state index is 13.4. The topological polar surface area (TPSA) is 103 Å². The van der Waals surface area contributed by atoms with Crippen molar-refractivity contribution in [1.82, 2.24) is 10.3 Å². The summed E-state index contributed by atoms with van der Waals surface area (Å²) in [4.78, 5) is 43.2. The molecule has 0 radical (unpaired) electrons. The zero-order chi connectivity index (χ0) is 30.2. The molecular formula is C35H32N4O3S. The zero-order valence-corrected chi connectivity index (χ0v) is 24.8. The van der Waals surface area contributed by atoms with Gasteiger partial charge in [-0.25, -0.2) is 0 Å². The summed E-state index contributed by atoms with van der Waals surface area (Å²) in [6.07, 6.45) is 4.30. The van der Waals surface area contributed by atoms with E-state index in [1.54, 1.807) is 48.7 Å². The van der Waals surface area contributed by atoms with Crippen LogP contribution in [0.1, 0.15) is 34.0 Å². The Kier molecular flexibility index (Phi) is 9.39. The number of anilines is 2. The van der Waals surface area contributed by atoms with Gasteiger partial charge in [0.25, 0.3) is 11.8 Å². The van der Waals surface area contributed by atoms with Crippen molar-refractivity contribution in [1.29, 1.82) is 0 Å². The highest BCUT2D eigenvalue weighted by molar-refractivity contribution is 8.00. The third kappa shape index (κ3) is 7.42. The summed E-state index contributed by atoms with van der Waals surface area (Å²) in [5, 5.41) is 9.64. The van der Waals surface area contributed by atoms with Gasteiger partial charge in [-0.05, 0) is 73.0 Å². The van der Waals surface area contributed by atoms with Crippen LogP contribution < -0.4 is 16.0 Å². The molecule has 0 aliphatic carbocycles. The normalized spacial score (nSPS) is 11.3. The van der Waals surface area contributed by atoms with Gasteiger partial charge in [0, 0.05) is 44.5 Å². The fraction of sp³-hybridized carbons (Fsp3) is 0.114. The maximum absolute atomic E-state index is 13.4. The Hall–Kier alpha value is -5.08. The van der Waals surface area contributed by atoms with Crippen molar-refractivity contribution in [3.63, 3.8) is 0 Å². The van der Waals surface area contributed by atoms with Gasteiger partial charge in [0.1, 0.15) is 5.70 Å². The minimum Gasteiger partial charge on any atom is -0.361 e. The lowest BCUT2D eigenvalue weighted by molar-refractivity contribution is -0.114. The predicted octanol–water partition coefficient (Wildman–Crippen LogP) is 7.18. The molecule has 0 unspecified atom stereocenters. The number of aromatic nitrogens is 1. The van der Waals surface area contributed by atoms with Crippen LogP contribution in [0, 0.1) is 6.92 Å². The van der Waals surface area contributed by atoms with Crippen molar-refractivity contribution < 1.29 is 14.4 Å². The molecule has 4 N–H and O–H groups in total. The zero-order valence-electron chi connectivity index (χ0n) is 23.9. The van der Waals surface area contributed by atoms with Gasteiger partial charge in [0.15, 0.2) is 0 Å². The molecule has 0 saturated carbocycles. The Bertz CT molecular complexity index is 1790. The molecule has 0 fully saturated rings. The van der Waals surface area contributed by atoms with Crippen molar-refractivity contribution in [2.45, 2.75) is 25.2 Å². The van der Waals surface area contributed by atoms with Gasteiger partial charge in [-0.2, -0.15) is 0 Å². The van der Waals surface area contributed by atoms with Crippen LogP contribution >= 0.6 is 11.8 Å². The van der Waals surface area contributed by atoms with E-state index in [1.807, 2.05) is 67.6 Å². The second-order valence-corrected chi connectivity index (χ2v) is 11.0. The number of fused-ring (bicyclic) bond motifs is 1. The van der Waals surface area contributed by atoms with E-state index in [1.165, 1.54) is 11.8 Å². The van der Waals surface area contributed by atoms with E-state index < -0.39 is 5.91 Å². The van der Waals surface area contributed by atoms with Crippen LogP contribution in [0.3, 0.4) is 0 Å². The van der Waals surface area contributed by atoms with Crippen LogP contribution in [-0.4, -0.2) is 28.5 Å². The molecule has 4 aromatic carbocycles. The van der Waals surface area contributed by atoms with Gasteiger partial charge in [0.2, 0.25) is 5.91 Å². The number of benzene rings is 4. The molecule has 0 saturated heterocycles. The standard InChI is InChI=1S/C35H32N4O3S/c1-3-24-13-9-10-23(2)33(24)39-32(40)22-43-28-18-16-27(17-19-28)37-35(42)31(38-34(41)25-11-5-4-6-12-25)20-26-21-36-30-15-8-7-14-29(26)30/h4-21,36H,3,22H2,1-2H3,(H,37,42)(H,38,41)(H,39,40)/b31-20-. The Morgan fingerprint density at radius 3 is 2.35 bits per heavy atom. The van der Waals surface area contributed by atoms with Gasteiger partial charge in [0.05, 0.1) is 5.75 Å². The van der Waals surface area contributed by atoms with Gasteiger partial charge in [-0.3, -0.25) is 14.4 Å². The lowest BCUT2D eigenvalue weighted by Crippen LogP contribution is -2.30. The highest BCUT2D eigenvalue weighted by Crippen LogP contribution is 2.25. The number of H-pyrrole nitrogens is 1. The number of hydrogen-bond donors (Lipinski definition) is 4. The molecule has 43 heavy (non-hydrogen) atoms. The summed E-state index contributed by atoms with van der Waals surface area (Å²) in [6.45, 7) is 4.06. The van der Waals surface area contributed by atoms with E-state index in [-0.39, 0.29) is 23.3 Å². The summed E-state index contributed by atoms with van der Waals surface area (Å²) >= 11 is 1.41. The molecule has 0 spiro atoms. The number of rotatable bonds is 10. The first kappa shape index (κ1) is 29.4.